The van der Waals surface area contributed by atoms with Gasteiger partial charge in [-0.15, -0.1) is 11.3 Å². The molecule has 6 heteroatoms. The van der Waals surface area contributed by atoms with E-state index in [4.69, 9.17) is 17.2 Å². The first-order chi connectivity index (χ1) is 13.2. The van der Waals surface area contributed by atoms with Crippen LogP contribution in [0.25, 0.3) is 20.8 Å². The number of thiazole rings is 1. The third kappa shape index (κ3) is 5.50. The van der Waals surface area contributed by atoms with Gasteiger partial charge < -0.3 is 15.5 Å². The Bertz CT molecular complexity index is 958. The minimum absolute atomic E-state index is 0.180. The minimum Gasteiger partial charge on any atom is -0.362 e. The monoisotopic (exact) mass is 413 g/mol. The van der Waals surface area contributed by atoms with E-state index >= 15 is 0 Å². The van der Waals surface area contributed by atoms with Crippen LogP contribution in [-0.2, 0) is 0 Å². The summed E-state index contributed by atoms with van der Waals surface area (Å²) in [5.74, 6) is 0. The fourth-order valence-corrected chi connectivity index (χ4v) is 4.63. The highest BCUT2D eigenvalue weighted by Crippen LogP contribution is 2.31. The molecular formula is C22H29N4S2+. The molecule has 0 spiro atoms. The van der Waals surface area contributed by atoms with Crippen LogP contribution in [-0.4, -0.2) is 37.3 Å². The Labute approximate surface area is 177 Å². The largest absolute Gasteiger partial charge is 0.362 e. The molecule has 0 atom stereocenters. The van der Waals surface area contributed by atoms with E-state index in [-0.39, 0.29) is 5.41 Å². The number of anilines is 1. The van der Waals surface area contributed by atoms with Crippen LogP contribution in [0.2, 0.25) is 0 Å². The second-order valence-electron chi connectivity index (χ2n) is 8.42. The number of benzene rings is 2. The van der Waals surface area contributed by atoms with Crippen molar-refractivity contribution in [3.63, 3.8) is 0 Å². The van der Waals surface area contributed by atoms with Crippen molar-refractivity contribution in [2.45, 2.75) is 20.8 Å². The number of aromatic nitrogens is 1. The van der Waals surface area contributed by atoms with Crippen LogP contribution in [0.3, 0.4) is 0 Å². The van der Waals surface area contributed by atoms with Crippen molar-refractivity contribution in [3.05, 3.63) is 48.0 Å². The van der Waals surface area contributed by atoms with Crippen molar-refractivity contribution in [2.75, 3.05) is 32.5 Å². The number of hydrogen-bond donors (Lipinski definition) is 3. The van der Waals surface area contributed by atoms with Gasteiger partial charge >= 0.3 is 0 Å². The highest BCUT2D eigenvalue weighted by molar-refractivity contribution is 7.80. The molecule has 0 radical (unpaired) electrons. The van der Waals surface area contributed by atoms with Crippen LogP contribution in [0.15, 0.2) is 42.5 Å². The van der Waals surface area contributed by atoms with Gasteiger partial charge in [0.1, 0.15) is 5.01 Å². The number of hydrogen-bond acceptors (Lipinski definition) is 3. The molecule has 28 heavy (non-hydrogen) atoms. The predicted octanol–water partition coefficient (Wildman–Crippen LogP) is 3.73. The third-order valence-corrected chi connectivity index (χ3v) is 5.81. The Morgan fingerprint density at radius 3 is 2.54 bits per heavy atom. The molecule has 3 aromatic rings. The molecule has 2 aromatic carbocycles. The molecule has 0 aliphatic carbocycles. The summed E-state index contributed by atoms with van der Waals surface area (Å²) < 4.78 is 1.23. The number of rotatable bonds is 6. The van der Waals surface area contributed by atoms with E-state index in [0.29, 0.717) is 5.11 Å². The standard InChI is InChI=1S/C22H28N4S2/c1-15-6-11-18-19(12-15)28-20(25-18)16-7-9-17(10-8-16)24-21(27)23-13-22(2,3)14-26(4)5/h6-12H,13-14H2,1-5H3,(H2,23,24,27)/p+1. The van der Waals surface area contributed by atoms with Crippen molar-refractivity contribution in [3.8, 4) is 10.6 Å². The van der Waals surface area contributed by atoms with Crippen LogP contribution in [0, 0.1) is 12.3 Å². The molecule has 3 N–H and O–H groups in total. The number of nitrogens with one attached hydrogen (secondary N) is 3. The van der Waals surface area contributed by atoms with Gasteiger partial charge in [-0.3, -0.25) is 0 Å². The maximum atomic E-state index is 5.46. The molecule has 0 fully saturated rings. The molecule has 0 amide bonds. The van der Waals surface area contributed by atoms with Crippen LogP contribution in [0.1, 0.15) is 19.4 Å². The first-order valence-electron chi connectivity index (χ1n) is 9.53. The Hall–Kier alpha value is -2.02. The number of thiocarbonyl (C=S) groups is 1. The molecule has 0 bridgehead atoms. The lowest BCUT2D eigenvalue weighted by atomic mass is 9.93. The second kappa shape index (κ2) is 8.55. The summed E-state index contributed by atoms with van der Waals surface area (Å²) in [5.41, 5.74) is 4.60. The van der Waals surface area contributed by atoms with Gasteiger partial charge in [-0.1, -0.05) is 19.9 Å². The van der Waals surface area contributed by atoms with E-state index in [1.54, 1.807) is 11.3 Å². The molecule has 0 unspecified atom stereocenters. The lowest BCUT2D eigenvalue weighted by molar-refractivity contribution is -0.865. The van der Waals surface area contributed by atoms with Crippen molar-refractivity contribution in [1.82, 2.24) is 10.3 Å². The minimum atomic E-state index is 0.180. The zero-order valence-corrected chi connectivity index (χ0v) is 18.9. The van der Waals surface area contributed by atoms with Crippen LogP contribution < -0.4 is 15.5 Å². The summed E-state index contributed by atoms with van der Waals surface area (Å²) in [6, 6.07) is 14.7. The van der Waals surface area contributed by atoms with Crippen molar-refractivity contribution in [1.29, 1.82) is 0 Å². The normalized spacial score (nSPS) is 11.8. The van der Waals surface area contributed by atoms with E-state index in [1.165, 1.54) is 15.2 Å². The fraction of sp³-hybridized carbons (Fsp3) is 0.364. The first kappa shape index (κ1) is 20.7. The number of fused-ring (bicyclic) bond motifs is 1. The van der Waals surface area contributed by atoms with Gasteiger partial charge in [-0.05, 0) is 61.1 Å². The van der Waals surface area contributed by atoms with E-state index in [2.05, 4.69) is 88.0 Å². The molecule has 1 heterocycles. The molecule has 1 aromatic heterocycles. The zero-order valence-electron chi connectivity index (χ0n) is 17.2. The lowest BCUT2D eigenvalue weighted by Gasteiger charge is -2.26. The molecular weight excluding hydrogens is 384 g/mol. The molecule has 0 aliphatic rings. The van der Waals surface area contributed by atoms with Gasteiger partial charge in [0.15, 0.2) is 5.11 Å². The average molecular weight is 414 g/mol. The SMILES string of the molecule is Cc1ccc2nc(-c3ccc(NC(=S)NCC(C)(C)C[NH+](C)C)cc3)sc2c1. The molecule has 4 nitrogen and oxygen atoms in total. The van der Waals surface area contributed by atoms with E-state index < -0.39 is 0 Å². The summed E-state index contributed by atoms with van der Waals surface area (Å²) in [6.45, 7) is 8.54. The molecule has 0 saturated heterocycles. The Balaban J connectivity index is 1.61. The van der Waals surface area contributed by atoms with Gasteiger partial charge in [-0.2, -0.15) is 0 Å². The lowest BCUT2D eigenvalue weighted by Crippen LogP contribution is -3.07. The molecule has 3 rings (SSSR count). The van der Waals surface area contributed by atoms with Crippen LogP contribution in [0.4, 0.5) is 5.69 Å². The van der Waals surface area contributed by atoms with E-state index in [9.17, 15) is 0 Å². The maximum absolute atomic E-state index is 5.46. The highest BCUT2D eigenvalue weighted by Gasteiger charge is 2.21. The quantitative estimate of drug-likeness (QED) is 0.539. The van der Waals surface area contributed by atoms with Crippen molar-refractivity contribution in [2.24, 2.45) is 5.41 Å². The Morgan fingerprint density at radius 1 is 1.14 bits per heavy atom. The zero-order chi connectivity index (χ0) is 20.3. The Morgan fingerprint density at radius 2 is 1.86 bits per heavy atom. The van der Waals surface area contributed by atoms with Gasteiger partial charge in [0.05, 0.1) is 30.9 Å². The smallest absolute Gasteiger partial charge is 0.170 e. The van der Waals surface area contributed by atoms with E-state index in [0.717, 1.165) is 34.9 Å². The summed E-state index contributed by atoms with van der Waals surface area (Å²) in [4.78, 5) is 6.19. The Kier molecular flexibility index (Phi) is 6.33. The topological polar surface area (TPSA) is 41.4 Å². The predicted molar refractivity (Wildman–Crippen MR) is 125 cm³/mol. The number of nitrogens with zero attached hydrogens (tertiary/aromatic N) is 1. The van der Waals surface area contributed by atoms with Crippen molar-refractivity contribution < 1.29 is 4.90 Å². The highest BCUT2D eigenvalue weighted by atomic mass is 32.1. The molecule has 148 valence electrons. The second-order valence-corrected chi connectivity index (χ2v) is 9.86. The molecule has 0 aliphatic heterocycles. The maximum Gasteiger partial charge on any atom is 0.170 e. The number of aryl methyl sites for hydroxylation is 1. The summed E-state index contributed by atoms with van der Waals surface area (Å²) in [7, 11) is 4.35. The number of quaternary nitrogens is 1. The summed E-state index contributed by atoms with van der Waals surface area (Å²) in [6.07, 6.45) is 0. The van der Waals surface area contributed by atoms with Gasteiger partial charge in [0.25, 0.3) is 0 Å². The van der Waals surface area contributed by atoms with Gasteiger partial charge in [0, 0.05) is 23.2 Å². The van der Waals surface area contributed by atoms with Gasteiger partial charge in [-0.25, -0.2) is 4.98 Å². The molecule has 0 saturated carbocycles. The summed E-state index contributed by atoms with van der Waals surface area (Å²) >= 11 is 7.19. The van der Waals surface area contributed by atoms with Gasteiger partial charge in [0.2, 0.25) is 0 Å². The fourth-order valence-electron chi connectivity index (χ4n) is 3.37. The third-order valence-electron chi connectivity index (χ3n) is 4.49. The van der Waals surface area contributed by atoms with Crippen molar-refractivity contribution >= 4 is 44.6 Å². The van der Waals surface area contributed by atoms with Crippen LogP contribution >= 0.6 is 23.6 Å². The first-order valence-corrected chi connectivity index (χ1v) is 10.8. The average Bonchev–Trinajstić information content (AvgIpc) is 3.03. The summed E-state index contributed by atoms with van der Waals surface area (Å²) in [5, 5.41) is 8.32. The van der Waals surface area contributed by atoms with E-state index in [1.807, 2.05) is 0 Å². The van der Waals surface area contributed by atoms with Crippen LogP contribution in [0.5, 0.6) is 0 Å².